The predicted octanol–water partition coefficient (Wildman–Crippen LogP) is 2.35. The van der Waals surface area contributed by atoms with Gasteiger partial charge >= 0.3 is 0 Å². The molecule has 0 saturated carbocycles. The second kappa shape index (κ2) is 5.86. The zero-order valence-electron chi connectivity index (χ0n) is 13.6. The third kappa shape index (κ3) is 2.37. The van der Waals surface area contributed by atoms with Gasteiger partial charge in [-0.2, -0.15) is 0 Å². The summed E-state index contributed by atoms with van der Waals surface area (Å²) >= 11 is 0. The molecule has 2 aromatic carbocycles. The van der Waals surface area contributed by atoms with Crippen LogP contribution < -0.4 is 15.0 Å². The highest BCUT2D eigenvalue weighted by atomic mass is 16.5. The summed E-state index contributed by atoms with van der Waals surface area (Å²) in [6, 6.07) is 10.8. The molecule has 0 fully saturated rings. The van der Waals surface area contributed by atoms with Gasteiger partial charge in [-0.1, -0.05) is 12.1 Å². The van der Waals surface area contributed by atoms with E-state index in [1.807, 2.05) is 24.3 Å². The average Bonchev–Trinajstić information content (AvgIpc) is 2.67. The SMILES string of the molecule is COc1cc2ncn(-c3ncnc4ccccc34)c(=O)c2cc1OC. The molecule has 25 heavy (non-hydrogen) atoms. The van der Waals surface area contributed by atoms with E-state index in [1.54, 1.807) is 12.1 Å². The monoisotopic (exact) mass is 334 g/mol. The lowest BCUT2D eigenvalue weighted by molar-refractivity contribution is 0.355. The Morgan fingerprint density at radius 3 is 2.44 bits per heavy atom. The van der Waals surface area contributed by atoms with Crippen molar-refractivity contribution in [3.63, 3.8) is 0 Å². The standard InChI is InChI=1S/C18H14N4O3/c1-24-15-7-12-14(8-16(15)25-2)21-10-22(18(12)23)17-11-5-3-4-6-13(11)19-9-20-17/h3-10H,1-2H3. The minimum absolute atomic E-state index is 0.241. The molecule has 0 saturated heterocycles. The molecule has 0 radical (unpaired) electrons. The van der Waals surface area contributed by atoms with Crippen LogP contribution in [0.4, 0.5) is 0 Å². The number of ether oxygens (including phenoxy) is 2. The Bertz CT molecular complexity index is 1150. The molecule has 0 aliphatic heterocycles. The van der Waals surface area contributed by atoms with Crippen molar-refractivity contribution in [2.24, 2.45) is 0 Å². The van der Waals surface area contributed by atoms with E-state index in [4.69, 9.17) is 9.47 Å². The maximum Gasteiger partial charge on any atom is 0.267 e. The summed E-state index contributed by atoms with van der Waals surface area (Å²) < 4.78 is 12.0. The van der Waals surface area contributed by atoms with Crippen molar-refractivity contribution in [2.75, 3.05) is 14.2 Å². The van der Waals surface area contributed by atoms with Gasteiger partial charge in [0, 0.05) is 11.5 Å². The normalized spacial score (nSPS) is 11.0. The van der Waals surface area contributed by atoms with Gasteiger partial charge in [0.2, 0.25) is 0 Å². The van der Waals surface area contributed by atoms with Gasteiger partial charge < -0.3 is 9.47 Å². The molecule has 4 aromatic rings. The van der Waals surface area contributed by atoms with E-state index in [0.29, 0.717) is 28.2 Å². The van der Waals surface area contributed by atoms with Gasteiger partial charge in [-0.25, -0.2) is 19.5 Å². The molecule has 2 aromatic heterocycles. The van der Waals surface area contributed by atoms with Crippen LogP contribution >= 0.6 is 0 Å². The highest BCUT2D eigenvalue weighted by Gasteiger charge is 2.14. The van der Waals surface area contributed by atoms with Gasteiger partial charge in [0.25, 0.3) is 5.56 Å². The molecule has 0 amide bonds. The zero-order valence-corrected chi connectivity index (χ0v) is 13.6. The molecular weight excluding hydrogens is 320 g/mol. The number of aromatic nitrogens is 4. The molecule has 0 unspecified atom stereocenters. The summed E-state index contributed by atoms with van der Waals surface area (Å²) in [5.74, 6) is 1.48. The van der Waals surface area contributed by atoms with Crippen LogP contribution in [0.1, 0.15) is 0 Å². The van der Waals surface area contributed by atoms with Gasteiger partial charge in [-0.05, 0) is 18.2 Å². The molecule has 0 atom stereocenters. The second-order valence-corrected chi connectivity index (χ2v) is 5.36. The first-order valence-corrected chi connectivity index (χ1v) is 7.56. The van der Waals surface area contributed by atoms with E-state index in [-0.39, 0.29) is 5.56 Å². The van der Waals surface area contributed by atoms with E-state index in [1.165, 1.54) is 31.4 Å². The molecule has 0 aliphatic rings. The molecule has 4 rings (SSSR count). The molecule has 2 heterocycles. The summed E-state index contributed by atoms with van der Waals surface area (Å²) in [6.07, 6.45) is 2.90. The van der Waals surface area contributed by atoms with Crippen LogP contribution in [-0.2, 0) is 0 Å². The van der Waals surface area contributed by atoms with Crippen LogP contribution in [0, 0.1) is 0 Å². The van der Waals surface area contributed by atoms with Crippen molar-refractivity contribution in [1.29, 1.82) is 0 Å². The van der Waals surface area contributed by atoms with E-state index < -0.39 is 0 Å². The maximum atomic E-state index is 13.0. The lowest BCUT2D eigenvalue weighted by Crippen LogP contribution is -2.20. The molecule has 124 valence electrons. The van der Waals surface area contributed by atoms with Crippen LogP contribution in [0.15, 0.2) is 53.8 Å². The summed E-state index contributed by atoms with van der Waals surface area (Å²) in [5, 5.41) is 1.19. The largest absolute Gasteiger partial charge is 0.493 e. The number of fused-ring (bicyclic) bond motifs is 2. The number of hydrogen-bond donors (Lipinski definition) is 0. The molecule has 7 heteroatoms. The van der Waals surface area contributed by atoms with Crippen molar-refractivity contribution in [1.82, 2.24) is 19.5 Å². The number of nitrogens with zero attached hydrogens (tertiary/aromatic N) is 4. The molecule has 0 bridgehead atoms. The van der Waals surface area contributed by atoms with Crippen molar-refractivity contribution in [3.8, 4) is 17.3 Å². The Morgan fingerprint density at radius 1 is 0.880 bits per heavy atom. The van der Waals surface area contributed by atoms with Crippen molar-refractivity contribution in [3.05, 3.63) is 59.4 Å². The van der Waals surface area contributed by atoms with E-state index in [9.17, 15) is 4.79 Å². The minimum atomic E-state index is -0.241. The first-order valence-electron chi connectivity index (χ1n) is 7.56. The van der Waals surface area contributed by atoms with Crippen molar-refractivity contribution >= 4 is 21.8 Å². The van der Waals surface area contributed by atoms with Gasteiger partial charge in [0.1, 0.15) is 12.7 Å². The topological polar surface area (TPSA) is 79.1 Å². The summed E-state index contributed by atoms with van der Waals surface area (Å²) in [4.78, 5) is 25.9. The molecule has 7 nitrogen and oxygen atoms in total. The van der Waals surface area contributed by atoms with Crippen LogP contribution in [0.25, 0.3) is 27.6 Å². The van der Waals surface area contributed by atoms with Crippen molar-refractivity contribution < 1.29 is 9.47 Å². The number of benzene rings is 2. The third-order valence-electron chi connectivity index (χ3n) is 4.01. The maximum absolute atomic E-state index is 13.0. The fourth-order valence-corrected chi connectivity index (χ4v) is 2.78. The van der Waals surface area contributed by atoms with E-state index >= 15 is 0 Å². The predicted molar refractivity (Wildman–Crippen MR) is 93.5 cm³/mol. The molecule has 0 spiro atoms. The van der Waals surface area contributed by atoms with Crippen LogP contribution in [-0.4, -0.2) is 33.7 Å². The Hall–Kier alpha value is -3.48. The Labute approximate surface area is 142 Å². The number of methoxy groups -OCH3 is 2. The van der Waals surface area contributed by atoms with Gasteiger partial charge in [-0.15, -0.1) is 0 Å². The smallest absolute Gasteiger partial charge is 0.267 e. The lowest BCUT2D eigenvalue weighted by atomic mass is 10.2. The fraction of sp³-hybridized carbons (Fsp3) is 0.111. The molecule has 0 aliphatic carbocycles. The first-order chi connectivity index (χ1) is 12.2. The molecular formula is C18H14N4O3. The number of rotatable bonds is 3. The number of hydrogen-bond acceptors (Lipinski definition) is 6. The Morgan fingerprint density at radius 2 is 1.64 bits per heavy atom. The van der Waals surface area contributed by atoms with Crippen LogP contribution in [0.2, 0.25) is 0 Å². The van der Waals surface area contributed by atoms with E-state index in [2.05, 4.69) is 15.0 Å². The quantitative estimate of drug-likeness (QED) is 0.572. The van der Waals surface area contributed by atoms with Gasteiger partial charge in [0.15, 0.2) is 17.3 Å². The van der Waals surface area contributed by atoms with Gasteiger partial charge in [0.05, 0.1) is 30.6 Å². The summed E-state index contributed by atoms with van der Waals surface area (Å²) in [7, 11) is 3.06. The lowest BCUT2D eigenvalue weighted by Gasteiger charge is -2.11. The summed E-state index contributed by atoms with van der Waals surface area (Å²) in [6.45, 7) is 0. The zero-order chi connectivity index (χ0) is 17.4. The van der Waals surface area contributed by atoms with E-state index in [0.717, 1.165) is 10.9 Å². The highest BCUT2D eigenvalue weighted by molar-refractivity contribution is 5.86. The third-order valence-corrected chi connectivity index (χ3v) is 4.01. The Kier molecular flexibility index (Phi) is 3.53. The number of para-hydroxylation sites is 1. The minimum Gasteiger partial charge on any atom is -0.493 e. The second-order valence-electron chi connectivity index (χ2n) is 5.36. The van der Waals surface area contributed by atoms with Crippen LogP contribution in [0.3, 0.4) is 0 Å². The highest BCUT2D eigenvalue weighted by Crippen LogP contribution is 2.30. The fourth-order valence-electron chi connectivity index (χ4n) is 2.78. The first kappa shape index (κ1) is 15.1. The Balaban J connectivity index is 2.03. The summed E-state index contributed by atoms with van der Waals surface area (Å²) in [5.41, 5.74) is 1.04. The molecule has 0 N–H and O–H groups in total. The van der Waals surface area contributed by atoms with Gasteiger partial charge in [-0.3, -0.25) is 4.79 Å². The van der Waals surface area contributed by atoms with Crippen molar-refractivity contribution in [2.45, 2.75) is 0 Å². The van der Waals surface area contributed by atoms with Crippen LogP contribution in [0.5, 0.6) is 11.5 Å². The average molecular weight is 334 g/mol.